The molecule has 0 unspecified atom stereocenters. The van der Waals surface area contributed by atoms with Crippen molar-refractivity contribution in [3.63, 3.8) is 0 Å². The fraction of sp³-hybridized carbons (Fsp3) is 0.176. The van der Waals surface area contributed by atoms with Gasteiger partial charge in [-0.3, -0.25) is 14.8 Å². The first kappa shape index (κ1) is 17.5. The molecule has 2 rings (SSSR count). The second-order valence-electron chi connectivity index (χ2n) is 4.86. The number of carbonyl (C=O) groups is 2. The highest BCUT2D eigenvalue weighted by Gasteiger charge is 2.15. The number of ether oxygens (including phenoxy) is 1. The van der Waals surface area contributed by atoms with Crippen molar-refractivity contribution in [1.82, 2.24) is 5.48 Å². The van der Waals surface area contributed by atoms with E-state index in [0.717, 1.165) is 0 Å². The van der Waals surface area contributed by atoms with E-state index >= 15 is 0 Å². The van der Waals surface area contributed by atoms with E-state index < -0.39 is 5.91 Å². The number of anilines is 1. The molecule has 7 heteroatoms. The number of aliphatic hydroxyl groups is 1. The number of benzene rings is 2. The minimum Gasteiger partial charge on any atom is -0.484 e. The van der Waals surface area contributed by atoms with Gasteiger partial charge in [-0.1, -0.05) is 18.2 Å². The van der Waals surface area contributed by atoms with Gasteiger partial charge in [-0.25, -0.2) is 5.48 Å². The Morgan fingerprint density at radius 2 is 1.71 bits per heavy atom. The molecule has 2 aromatic rings. The summed E-state index contributed by atoms with van der Waals surface area (Å²) in [6.45, 7) is -0.201. The number of nitrogens with zero attached hydrogens (tertiary/aromatic N) is 1. The third kappa shape index (κ3) is 4.55. The van der Waals surface area contributed by atoms with Crippen LogP contribution in [0, 0.1) is 0 Å². The fourth-order valence-corrected chi connectivity index (χ4v) is 2.10. The molecule has 2 amide bonds. The van der Waals surface area contributed by atoms with Gasteiger partial charge in [-0.15, -0.1) is 0 Å². The SMILES string of the molecule is O=C(NO)c1ccc(OCC(=O)N(CCO)c2ccccc2)cc1. The van der Waals surface area contributed by atoms with Gasteiger partial charge in [-0.05, 0) is 36.4 Å². The normalized spacial score (nSPS) is 10.1. The number of amides is 2. The molecule has 0 spiro atoms. The van der Waals surface area contributed by atoms with Crippen molar-refractivity contribution in [3.05, 3.63) is 60.2 Å². The molecular weight excluding hydrogens is 312 g/mol. The van der Waals surface area contributed by atoms with Crippen molar-refractivity contribution in [2.75, 3.05) is 24.7 Å². The second-order valence-corrected chi connectivity index (χ2v) is 4.86. The molecule has 126 valence electrons. The van der Waals surface area contributed by atoms with Crippen LogP contribution in [0.2, 0.25) is 0 Å². The summed E-state index contributed by atoms with van der Waals surface area (Å²) in [6, 6.07) is 15.0. The summed E-state index contributed by atoms with van der Waals surface area (Å²) in [5.74, 6) is -0.516. The monoisotopic (exact) mass is 330 g/mol. The lowest BCUT2D eigenvalue weighted by atomic mass is 10.2. The van der Waals surface area contributed by atoms with Crippen LogP contribution in [0.1, 0.15) is 10.4 Å². The van der Waals surface area contributed by atoms with Gasteiger partial charge in [0.25, 0.3) is 11.8 Å². The summed E-state index contributed by atoms with van der Waals surface area (Å²) in [5.41, 5.74) is 2.48. The molecule has 0 saturated carbocycles. The molecule has 0 atom stereocenters. The number of hydroxylamine groups is 1. The van der Waals surface area contributed by atoms with Gasteiger partial charge in [-0.2, -0.15) is 0 Å². The number of para-hydroxylation sites is 1. The maximum atomic E-state index is 12.3. The molecule has 0 aliphatic heterocycles. The Kier molecular flexibility index (Phi) is 6.30. The first-order valence-electron chi connectivity index (χ1n) is 7.29. The number of carbonyl (C=O) groups excluding carboxylic acids is 2. The largest absolute Gasteiger partial charge is 0.484 e. The predicted octanol–water partition coefficient (Wildman–Crippen LogP) is 1.21. The summed E-state index contributed by atoms with van der Waals surface area (Å²) < 4.78 is 5.42. The number of hydrogen-bond donors (Lipinski definition) is 3. The summed E-state index contributed by atoms with van der Waals surface area (Å²) in [4.78, 5) is 25.0. The van der Waals surface area contributed by atoms with Gasteiger partial charge >= 0.3 is 0 Å². The Labute approximate surface area is 139 Å². The zero-order chi connectivity index (χ0) is 17.4. The summed E-state index contributed by atoms with van der Waals surface area (Å²) in [7, 11) is 0. The number of aliphatic hydroxyl groups excluding tert-OH is 1. The van der Waals surface area contributed by atoms with Crippen LogP contribution in [0.5, 0.6) is 5.75 Å². The Hall–Kier alpha value is -2.90. The average molecular weight is 330 g/mol. The summed E-state index contributed by atoms with van der Waals surface area (Å²) in [6.07, 6.45) is 0. The van der Waals surface area contributed by atoms with Gasteiger partial charge in [0.15, 0.2) is 6.61 Å². The summed E-state index contributed by atoms with van der Waals surface area (Å²) >= 11 is 0. The van der Waals surface area contributed by atoms with Crippen molar-refractivity contribution < 1.29 is 24.6 Å². The molecule has 3 N–H and O–H groups in total. The first-order chi connectivity index (χ1) is 11.7. The van der Waals surface area contributed by atoms with Gasteiger partial charge < -0.3 is 14.7 Å². The van der Waals surface area contributed by atoms with E-state index in [0.29, 0.717) is 11.4 Å². The number of hydrogen-bond acceptors (Lipinski definition) is 5. The van der Waals surface area contributed by atoms with E-state index in [1.54, 1.807) is 24.3 Å². The number of rotatable bonds is 7. The van der Waals surface area contributed by atoms with Crippen molar-refractivity contribution in [1.29, 1.82) is 0 Å². The van der Waals surface area contributed by atoms with Crippen molar-refractivity contribution in [3.8, 4) is 5.75 Å². The van der Waals surface area contributed by atoms with Gasteiger partial charge in [0.2, 0.25) is 0 Å². The Morgan fingerprint density at radius 1 is 1.04 bits per heavy atom. The topological polar surface area (TPSA) is 99.1 Å². The molecule has 7 nitrogen and oxygen atoms in total. The molecule has 0 fully saturated rings. The molecule has 0 aliphatic rings. The van der Waals surface area contributed by atoms with E-state index in [1.807, 2.05) is 6.07 Å². The third-order valence-electron chi connectivity index (χ3n) is 3.27. The second kappa shape index (κ2) is 8.66. The lowest BCUT2D eigenvalue weighted by Gasteiger charge is -2.22. The Bertz CT molecular complexity index is 673. The van der Waals surface area contributed by atoms with Crippen LogP contribution < -0.4 is 15.1 Å². The molecular formula is C17H18N2O5. The molecule has 0 saturated heterocycles. The molecule has 0 heterocycles. The van der Waals surface area contributed by atoms with Crippen LogP contribution in [0.15, 0.2) is 54.6 Å². The fourth-order valence-electron chi connectivity index (χ4n) is 2.10. The van der Waals surface area contributed by atoms with Crippen molar-refractivity contribution >= 4 is 17.5 Å². The first-order valence-corrected chi connectivity index (χ1v) is 7.29. The lowest BCUT2D eigenvalue weighted by Crippen LogP contribution is -2.37. The standard InChI is InChI=1S/C17H18N2O5/c20-11-10-19(14-4-2-1-3-5-14)16(21)12-24-15-8-6-13(7-9-15)17(22)18-23/h1-9,20,23H,10-12H2,(H,18,22). The van der Waals surface area contributed by atoms with E-state index in [9.17, 15) is 9.59 Å². The molecule has 24 heavy (non-hydrogen) atoms. The highest BCUT2D eigenvalue weighted by atomic mass is 16.5. The molecule has 2 aromatic carbocycles. The quantitative estimate of drug-likeness (QED) is 0.523. The van der Waals surface area contributed by atoms with Crippen LogP contribution in [0.4, 0.5) is 5.69 Å². The highest BCUT2D eigenvalue weighted by molar-refractivity contribution is 5.94. The van der Waals surface area contributed by atoms with Gasteiger partial charge in [0.1, 0.15) is 5.75 Å². The zero-order valence-electron chi connectivity index (χ0n) is 12.9. The average Bonchev–Trinajstić information content (AvgIpc) is 2.64. The van der Waals surface area contributed by atoms with Crippen LogP contribution in [0.25, 0.3) is 0 Å². The maximum absolute atomic E-state index is 12.3. The van der Waals surface area contributed by atoms with Crippen molar-refractivity contribution in [2.45, 2.75) is 0 Å². The van der Waals surface area contributed by atoms with Gasteiger partial charge in [0.05, 0.1) is 6.61 Å². The van der Waals surface area contributed by atoms with E-state index in [2.05, 4.69) is 0 Å². The lowest BCUT2D eigenvalue weighted by molar-refractivity contribution is -0.120. The maximum Gasteiger partial charge on any atom is 0.274 e. The van der Waals surface area contributed by atoms with Crippen LogP contribution >= 0.6 is 0 Å². The Morgan fingerprint density at radius 3 is 2.29 bits per heavy atom. The third-order valence-corrected chi connectivity index (χ3v) is 3.27. The van der Waals surface area contributed by atoms with E-state index in [4.69, 9.17) is 15.1 Å². The van der Waals surface area contributed by atoms with Crippen LogP contribution in [0.3, 0.4) is 0 Å². The summed E-state index contributed by atoms with van der Waals surface area (Å²) in [5, 5.41) is 17.7. The minimum absolute atomic E-state index is 0.161. The Balaban J connectivity index is 1.99. The smallest absolute Gasteiger partial charge is 0.274 e. The van der Waals surface area contributed by atoms with Gasteiger partial charge in [0, 0.05) is 17.8 Å². The molecule has 0 aliphatic carbocycles. The van der Waals surface area contributed by atoms with Crippen LogP contribution in [-0.4, -0.2) is 41.9 Å². The molecule has 0 radical (unpaired) electrons. The number of nitrogens with one attached hydrogen (secondary N) is 1. The van der Waals surface area contributed by atoms with E-state index in [1.165, 1.54) is 34.6 Å². The zero-order valence-corrected chi connectivity index (χ0v) is 12.9. The minimum atomic E-state index is -0.629. The van der Waals surface area contributed by atoms with Crippen molar-refractivity contribution in [2.24, 2.45) is 0 Å². The molecule has 0 aromatic heterocycles. The molecule has 0 bridgehead atoms. The highest BCUT2D eigenvalue weighted by Crippen LogP contribution is 2.15. The van der Waals surface area contributed by atoms with Crippen LogP contribution in [-0.2, 0) is 4.79 Å². The predicted molar refractivity (Wildman–Crippen MR) is 87.1 cm³/mol. The van der Waals surface area contributed by atoms with E-state index in [-0.39, 0.29) is 31.2 Å².